The predicted molar refractivity (Wildman–Crippen MR) is 107 cm³/mol. The van der Waals surface area contributed by atoms with Crippen LogP contribution in [0.1, 0.15) is 38.8 Å². The number of carbonyl (C=O) groups excluding carboxylic acids is 3. The summed E-state index contributed by atoms with van der Waals surface area (Å²) < 4.78 is 15.3. The Labute approximate surface area is 178 Å². The van der Waals surface area contributed by atoms with Crippen molar-refractivity contribution in [1.29, 1.82) is 5.26 Å². The minimum absolute atomic E-state index is 0.0415. The fraction of sp³-hybridized carbons (Fsp3) is 0.273. The lowest BCUT2D eigenvalue weighted by Crippen LogP contribution is -2.30. The Morgan fingerprint density at radius 1 is 1.26 bits per heavy atom. The van der Waals surface area contributed by atoms with E-state index in [1.807, 2.05) is 6.07 Å². The monoisotopic (exact) mass is 424 g/mol. The molecule has 2 aromatic rings. The molecule has 0 unspecified atom stereocenters. The molecule has 1 aliphatic heterocycles. The van der Waals surface area contributed by atoms with Gasteiger partial charge in [-0.1, -0.05) is 0 Å². The van der Waals surface area contributed by atoms with Crippen LogP contribution in [0.4, 0.5) is 0 Å². The lowest BCUT2D eigenvalue weighted by molar-refractivity contribution is -0.145. The van der Waals surface area contributed by atoms with Crippen LogP contribution in [0, 0.1) is 11.3 Å². The van der Waals surface area contributed by atoms with Crippen LogP contribution in [0.3, 0.4) is 0 Å². The van der Waals surface area contributed by atoms with Crippen molar-refractivity contribution in [3.05, 3.63) is 52.6 Å². The highest BCUT2D eigenvalue weighted by molar-refractivity contribution is 6.06. The molecule has 0 saturated carbocycles. The average Bonchev–Trinajstić information content (AvgIpc) is 3.06. The third-order valence-corrected chi connectivity index (χ3v) is 4.66. The van der Waals surface area contributed by atoms with E-state index in [2.05, 4.69) is 0 Å². The van der Waals surface area contributed by atoms with Gasteiger partial charge in [0.1, 0.15) is 22.8 Å². The van der Waals surface area contributed by atoms with Crippen molar-refractivity contribution in [3.63, 3.8) is 0 Å². The largest absolute Gasteiger partial charge is 0.507 e. The quantitative estimate of drug-likeness (QED) is 0.504. The second-order valence-electron chi connectivity index (χ2n) is 6.68. The summed E-state index contributed by atoms with van der Waals surface area (Å²) in [5.41, 5.74) is 1.42. The van der Waals surface area contributed by atoms with Gasteiger partial charge < -0.3 is 24.2 Å². The van der Waals surface area contributed by atoms with Crippen LogP contribution >= 0.6 is 0 Å². The summed E-state index contributed by atoms with van der Waals surface area (Å²) in [6.07, 6.45) is 0. The number of carbonyl (C=O) groups is 3. The molecule has 2 aromatic carbocycles. The van der Waals surface area contributed by atoms with Gasteiger partial charge in [0, 0.05) is 24.2 Å². The zero-order valence-corrected chi connectivity index (χ0v) is 17.0. The van der Waals surface area contributed by atoms with E-state index in [9.17, 15) is 19.5 Å². The van der Waals surface area contributed by atoms with Crippen molar-refractivity contribution in [3.8, 4) is 23.3 Å². The number of nitrogens with zero attached hydrogens (tertiary/aromatic N) is 2. The smallest absolute Gasteiger partial charge is 0.344 e. The average molecular weight is 424 g/mol. The van der Waals surface area contributed by atoms with Crippen molar-refractivity contribution >= 4 is 17.7 Å². The molecule has 1 amide bonds. The molecule has 1 heterocycles. The van der Waals surface area contributed by atoms with Gasteiger partial charge in [-0.3, -0.25) is 9.59 Å². The number of methoxy groups -OCH3 is 1. The van der Waals surface area contributed by atoms with Gasteiger partial charge in [-0.2, -0.15) is 5.26 Å². The van der Waals surface area contributed by atoms with E-state index in [4.69, 9.17) is 19.5 Å². The Hall–Kier alpha value is -4.06. The molecule has 0 aromatic heterocycles. The summed E-state index contributed by atoms with van der Waals surface area (Å²) in [5.74, 6) is -1.69. The Bertz CT molecular complexity index is 1090. The number of benzene rings is 2. The molecule has 0 radical (unpaired) electrons. The molecule has 160 valence electrons. The SMILES string of the molecule is CCOC(=O)COc1cc(O)c(C(=O)CN2Cc3cc(C#N)ccc3C2=O)c(OC)c1. The van der Waals surface area contributed by atoms with Gasteiger partial charge in [0.15, 0.2) is 12.4 Å². The van der Waals surface area contributed by atoms with E-state index in [1.54, 1.807) is 25.1 Å². The zero-order valence-electron chi connectivity index (χ0n) is 17.0. The third-order valence-electron chi connectivity index (χ3n) is 4.66. The molecule has 0 atom stereocenters. The topological polar surface area (TPSA) is 126 Å². The number of rotatable bonds is 8. The van der Waals surface area contributed by atoms with E-state index < -0.39 is 17.5 Å². The molecule has 1 aliphatic rings. The highest BCUT2D eigenvalue weighted by Gasteiger charge is 2.31. The van der Waals surface area contributed by atoms with E-state index in [0.29, 0.717) is 16.7 Å². The maximum atomic E-state index is 12.9. The van der Waals surface area contributed by atoms with Gasteiger partial charge in [0.25, 0.3) is 5.91 Å². The Kier molecular flexibility index (Phi) is 6.40. The number of esters is 1. The standard InChI is InChI=1S/C22H20N2O7/c1-3-30-20(27)12-31-15-7-17(25)21(19(8-15)29-2)18(26)11-24-10-14-6-13(9-23)4-5-16(14)22(24)28/h4-8,25H,3,10-12H2,1-2H3. The molecular formula is C22H20N2O7. The van der Waals surface area contributed by atoms with Gasteiger partial charge in [-0.05, 0) is 30.7 Å². The van der Waals surface area contributed by atoms with E-state index in [1.165, 1.54) is 24.1 Å². The first-order valence-corrected chi connectivity index (χ1v) is 9.42. The number of aromatic hydroxyl groups is 1. The van der Waals surface area contributed by atoms with E-state index >= 15 is 0 Å². The zero-order chi connectivity index (χ0) is 22.5. The Morgan fingerprint density at radius 2 is 2.03 bits per heavy atom. The summed E-state index contributed by atoms with van der Waals surface area (Å²) in [6.45, 7) is 1.40. The molecule has 3 rings (SSSR count). The number of Topliss-reactive ketones (excluding diaryl/α,β-unsaturated/α-hetero) is 1. The molecule has 0 saturated heterocycles. The number of amides is 1. The summed E-state index contributed by atoms with van der Waals surface area (Å²) in [5, 5.41) is 19.4. The van der Waals surface area contributed by atoms with Crippen molar-refractivity contribution < 1.29 is 33.7 Å². The molecular weight excluding hydrogens is 404 g/mol. The van der Waals surface area contributed by atoms with Crippen molar-refractivity contribution in [2.75, 3.05) is 26.9 Å². The van der Waals surface area contributed by atoms with Crippen LogP contribution < -0.4 is 9.47 Å². The van der Waals surface area contributed by atoms with Crippen LogP contribution in [0.2, 0.25) is 0 Å². The minimum Gasteiger partial charge on any atom is -0.507 e. The number of phenolic OH excluding ortho intramolecular Hbond substituents is 1. The summed E-state index contributed by atoms with van der Waals surface area (Å²) in [6, 6.07) is 9.30. The van der Waals surface area contributed by atoms with Crippen molar-refractivity contribution in [2.24, 2.45) is 0 Å². The maximum absolute atomic E-state index is 12.9. The summed E-state index contributed by atoms with van der Waals surface area (Å²) in [7, 11) is 1.32. The van der Waals surface area contributed by atoms with Crippen LogP contribution in [0.5, 0.6) is 17.2 Å². The molecule has 0 fully saturated rings. The van der Waals surface area contributed by atoms with Crippen LogP contribution in [-0.2, 0) is 16.1 Å². The highest BCUT2D eigenvalue weighted by Crippen LogP contribution is 2.34. The molecule has 1 N–H and O–H groups in total. The molecule has 0 bridgehead atoms. The number of phenols is 1. The lowest BCUT2D eigenvalue weighted by Gasteiger charge is -2.17. The van der Waals surface area contributed by atoms with Crippen LogP contribution in [0.15, 0.2) is 30.3 Å². The first-order chi connectivity index (χ1) is 14.9. The highest BCUT2D eigenvalue weighted by atomic mass is 16.6. The van der Waals surface area contributed by atoms with Crippen molar-refractivity contribution in [2.45, 2.75) is 13.5 Å². The predicted octanol–water partition coefficient (Wildman–Crippen LogP) is 2.05. The minimum atomic E-state index is -0.576. The summed E-state index contributed by atoms with van der Waals surface area (Å²) >= 11 is 0. The van der Waals surface area contributed by atoms with E-state index in [-0.39, 0.29) is 49.3 Å². The second kappa shape index (κ2) is 9.17. The first-order valence-electron chi connectivity index (χ1n) is 9.42. The number of fused-ring (bicyclic) bond motifs is 1. The number of nitriles is 1. The fourth-order valence-corrected chi connectivity index (χ4v) is 3.28. The molecule has 31 heavy (non-hydrogen) atoms. The molecule has 9 nitrogen and oxygen atoms in total. The molecule has 0 aliphatic carbocycles. The summed E-state index contributed by atoms with van der Waals surface area (Å²) in [4.78, 5) is 38.2. The normalized spacial score (nSPS) is 12.2. The van der Waals surface area contributed by atoms with Gasteiger partial charge in [0.2, 0.25) is 0 Å². The van der Waals surface area contributed by atoms with Crippen molar-refractivity contribution in [1.82, 2.24) is 4.90 Å². The molecule has 9 heteroatoms. The van der Waals surface area contributed by atoms with Gasteiger partial charge >= 0.3 is 5.97 Å². The Balaban J connectivity index is 1.76. The Morgan fingerprint density at radius 3 is 2.71 bits per heavy atom. The van der Waals surface area contributed by atoms with Gasteiger partial charge in [-0.25, -0.2) is 4.79 Å². The second-order valence-corrected chi connectivity index (χ2v) is 6.68. The van der Waals surface area contributed by atoms with E-state index in [0.717, 1.165) is 0 Å². The molecule has 0 spiro atoms. The third kappa shape index (κ3) is 4.59. The lowest BCUT2D eigenvalue weighted by atomic mass is 10.1. The number of hydrogen-bond donors (Lipinski definition) is 1. The van der Waals surface area contributed by atoms with Crippen LogP contribution in [0.25, 0.3) is 0 Å². The maximum Gasteiger partial charge on any atom is 0.344 e. The van der Waals surface area contributed by atoms with Crippen LogP contribution in [-0.4, -0.2) is 54.5 Å². The van der Waals surface area contributed by atoms with Gasteiger partial charge in [0.05, 0.1) is 31.9 Å². The number of hydrogen-bond acceptors (Lipinski definition) is 8. The first kappa shape index (κ1) is 21.6. The number of ether oxygens (including phenoxy) is 3. The fourth-order valence-electron chi connectivity index (χ4n) is 3.28. The number of ketones is 1. The van der Waals surface area contributed by atoms with Gasteiger partial charge in [-0.15, -0.1) is 0 Å².